The van der Waals surface area contributed by atoms with Crippen LogP contribution < -0.4 is 14.4 Å². The van der Waals surface area contributed by atoms with E-state index in [0.29, 0.717) is 18.9 Å². The fraction of sp³-hybridized carbons (Fsp3) is 0.500. The van der Waals surface area contributed by atoms with Gasteiger partial charge in [0.25, 0.3) is 5.88 Å². The molecule has 1 atom stereocenters. The average molecular weight is 372 g/mol. The van der Waals surface area contributed by atoms with Crippen molar-refractivity contribution < 1.29 is 14.6 Å². The first-order valence-electron chi connectivity index (χ1n) is 9.42. The van der Waals surface area contributed by atoms with Gasteiger partial charge in [-0.2, -0.15) is 0 Å². The molecule has 7 nitrogen and oxygen atoms in total. The van der Waals surface area contributed by atoms with Gasteiger partial charge >= 0.3 is 0 Å². The highest BCUT2D eigenvalue weighted by Gasteiger charge is 2.29. The van der Waals surface area contributed by atoms with Crippen LogP contribution in [-0.4, -0.2) is 66.0 Å². The SMILES string of the molecule is CCOc1ccccc1CN1CCN(c2nccnc2OC)C[C@@H]1CCO. The number of methoxy groups -OCH3 is 1. The number of rotatable bonds is 8. The minimum absolute atomic E-state index is 0.152. The third kappa shape index (κ3) is 4.67. The van der Waals surface area contributed by atoms with Gasteiger partial charge in [0.15, 0.2) is 5.82 Å². The Kier molecular flexibility index (Phi) is 6.84. The number of benzene rings is 1. The van der Waals surface area contributed by atoms with E-state index in [9.17, 15) is 5.11 Å². The lowest BCUT2D eigenvalue weighted by atomic mass is 10.1. The number of para-hydroxylation sites is 1. The van der Waals surface area contributed by atoms with Gasteiger partial charge in [-0.25, -0.2) is 9.97 Å². The van der Waals surface area contributed by atoms with Crippen LogP contribution in [0.2, 0.25) is 0 Å². The van der Waals surface area contributed by atoms with E-state index in [4.69, 9.17) is 9.47 Å². The Balaban J connectivity index is 1.75. The molecule has 0 radical (unpaired) electrons. The van der Waals surface area contributed by atoms with Crippen LogP contribution in [0.25, 0.3) is 0 Å². The van der Waals surface area contributed by atoms with E-state index >= 15 is 0 Å². The summed E-state index contributed by atoms with van der Waals surface area (Å²) >= 11 is 0. The maximum atomic E-state index is 9.58. The van der Waals surface area contributed by atoms with E-state index in [1.165, 1.54) is 5.56 Å². The summed E-state index contributed by atoms with van der Waals surface area (Å²) in [4.78, 5) is 13.3. The van der Waals surface area contributed by atoms with Crippen molar-refractivity contribution in [2.24, 2.45) is 0 Å². The first kappa shape index (κ1) is 19.4. The maximum Gasteiger partial charge on any atom is 0.257 e. The highest BCUT2D eigenvalue weighted by molar-refractivity contribution is 5.48. The smallest absolute Gasteiger partial charge is 0.257 e. The van der Waals surface area contributed by atoms with Crippen LogP contribution >= 0.6 is 0 Å². The van der Waals surface area contributed by atoms with Gasteiger partial charge in [-0.05, 0) is 19.4 Å². The number of hydrogen-bond acceptors (Lipinski definition) is 7. The normalized spacial score (nSPS) is 17.7. The van der Waals surface area contributed by atoms with Gasteiger partial charge in [-0.3, -0.25) is 4.90 Å². The van der Waals surface area contributed by atoms with Crippen LogP contribution in [0.1, 0.15) is 18.9 Å². The second-order valence-corrected chi connectivity index (χ2v) is 6.51. The van der Waals surface area contributed by atoms with Gasteiger partial charge in [-0.1, -0.05) is 18.2 Å². The van der Waals surface area contributed by atoms with E-state index in [1.54, 1.807) is 19.5 Å². The number of aliphatic hydroxyl groups excluding tert-OH is 1. The molecule has 0 bridgehead atoms. The Morgan fingerprint density at radius 2 is 2.00 bits per heavy atom. The fourth-order valence-electron chi connectivity index (χ4n) is 3.54. The molecular formula is C20H28N4O3. The number of aliphatic hydroxyl groups is 1. The minimum Gasteiger partial charge on any atom is -0.494 e. The zero-order valence-corrected chi connectivity index (χ0v) is 16.0. The Hall–Kier alpha value is -2.38. The number of anilines is 1. The van der Waals surface area contributed by atoms with Crippen LogP contribution in [0.15, 0.2) is 36.7 Å². The van der Waals surface area contributed by atoms with Crippen molar-refractivity contribution in [2.45, 2.75) is 25.9 Å². The molecule has 1 saturated heterocycles. The molecule has 1 aromatic carbocycles. The number of nitrogens with zero attached hydrogens (tertiary/aromatic N) is 4. The number of piperazine rings is 1. The third-order valence-corrected chi connectivity index (χ3v) is 4.85. The zero-order valence-electron chi connectivity index (χ0n) is 16.0. The molecule has 0 saturated carbocycles. The van der Waals surface area contributed by atoms with Crippen molar-refractivity contribution in [2.75, 3.05) is 44.9 Å². The molecule has 7 heteroatoms. The van der Waals surface area contributed by atoms with Crippen LogP contribution in [0, 0.1) is 0 Å². The first-order valence-corrected chi connectivity index (χ1v) is 9.42. The Morgan fingerprint density at radius 1 is 1.19 bits per heavy atom. The van der Waals surface area contributed by atoms with E-state index in [1.807, 2.05) is 25.1 Å². The lowest BCUT2D eigenvalue weighted by molar-refractivity contribution is 0.133. The molecule has 1 aliphatic rings. The molecule has 0 aliphatic carbocycles. The molecule has 2 aromatic rings. The summed E-state index contributed by atoms with van der Waals surface area (Å²) in [7, 11) is 1.61. The standard InChI is InChI=1S/C20H28N4O3/c1-3-27-18-7-5-4-6-16(18)14-23-11-12-24(15-17(23)8-13-25)19-20(26-2)22-10-9-21-19/h4-7,9-10,17,25H,3,8,11-15H2,1-2H3/t17-/m0/s1. The Labute approximate surface area is 160 Å². The molecule has 0 unspecified atom stereocenters. The highest BCUT2D eigenvalue weighted by atomic mass is 16.5. The number of hydrogen-bond donors (Lipinski definition) is 1. The van der Waals surface area contributed by atoms with Gasteiger partial charge in [-0.15, -0.1) is 0 Å². The molecule has 0 spiro atoms. The summed E-state index contributed by atoms with van der Waals surface area (Å²) in [5.41, 5.74) is 1.17. The van der Waals surface area contributed by atoms with Crippen molar-refractivity contribution in [3.63, 3.8) is 0 Å². The van der Waals surface area contributed by atoms with Crippen LogP contribution in [0.5, 0.6) is 11.6 Å². The number of aromatic nitrogens is 2. The first-order chi connectivity index (χ1) is 13.3. The van der Waals surface area contributed by atoms with Crippen molar-refractivity contribution >= 4 is 5.82 Å². The maximum absolute atomic E-state index is 9.58. The quantitative estimate of drug-likeness (QED) is 0.759. The number of ether oxygens (including phenoxy) is 2. The Bertz CT molecular complexity index is 728. The molecule has 1 aromatic heterocycles. The summed E-state index contributed by atoms with van der Waals surface area (Å²) in [6.07, 6.45) is 4.02. The third-order valence-electron chi connectivity index (χ3n) is 4.85. The van der Waals surface area contributed by atoms with E-state index < -0.39 is 0 Å². The summed E-state index contributed by atoms with van der Waals surface area (Å²) in [6.45, 7) is 6.06. The summed E-state index contributed by atoms with van der Waals surface area (Å²) in [5.74, 6) is 2.23. The fourth-order valence-corrected chi connectivity index (χ4v) is 3.54. The van der Waals surface area contributed by atoms with Gasteiger partial charge in [0.05, 0.1) is 13.7 Å². The summed E-state index contributed by atoms with van der Waals surface area (Å²) in [6, 6.07) is 8.38. The second-order valence-electron chi connectivity index (χ2n) is 6.51. The van der Waals surface area contributed by atoms with Gasteiger partial charge < -0.3 is 19.5 Å². The molecule has 2 heterocycles. The van der Waals surface area contributed by atoms with Crippen molar-refractivity contribution in [3.05, 3.63) is 42.2 Å². The van der Waals surface area contributed by atoms with Crippen molar-refractivity contribution in [3.8, 4) is 11.6 Å². The van der Waals surface area contributed by atoms with Crippen molar-refractivity contribution in [1.82, 2.24) is 14.9 Å². The van der Waals surface area contributed by atoms with E-state index in [2.05, 4.69) is 25.8 Å². The predicted molar refractivity (Wildman–Crippen MR) is 104 cm³/mol. The zero-order chi connectivity index (χ0) is 19.1. The lowest BCUT2D eigenvalue weighted by Gasteiger charge is -2.42. The van der Waals surface area contributed by atoms with Gasteiger partial charge in [0, 0.05) is 56.8 Å². The predicted octanol–water partition coefficient (Wildman–Crippen LogP) is 1.96. The van der Waals surface area contributed by atoms with Crippen molar-refractivity contribution in [1.29, 1.82) is 0 Å². The summed E-state index contributed by atoms with van der Waals surface area (Å²) < 4.78 is 11.1. The van der Waals surface area contributed by atoms with E-state index in [-0.39, 0.29) is 12.6 Å². The minimum atomic E-state index is 0.152. The molecule has 1 fully saturated rings. The highest BCUT2D eigenvalue weighted by Crippen LogP contribution is 2.28. The molecule has 3 rings (SSSR count). The average Bonchev–Trinajstić information content (AvgIpc) is 2.71. The topological polar surface area (TPSA) is 71.0 Å². The van der Waals surface area contributed by atoms with E-state index in [0.717, 1.165) is 37.7 Å². The largest absolute Gasteiger partial charge is 0.494 e. The van der Waals surface area contributed by atoms with Gasteiger partial charge in [0.1, 0.15) is 5.75 Å². The molecule has 146 valence electrons. The Morgan fingerprint density at radius 3 is 2.78 bits per heavy atom. The molecule has 1 aliphatic heterocycles. The molecule has 0 amide bonds. The van der Waals surface area contributed by atoms with Crippen LogP contribution in [0.4, 0.5) is 5.82 Å². The summed E-state index contributed by atoms with van der Waals surface area (Å²) in [5, 5.41) is 9.58. The lowest BCUT2D eigenvalue weighted by Crippen LogP contribution is -2.53. The second kappa shape index (κ2) is 9.53. The van der Waals surface area contributed by atoms with Crippen LogP contribution in [0.3, 0.4) is 0 Å². The van der Waals surface area contributed by atoms with Gasteiger partial charge in [0.2, 0.25) is 0 Å². The molecular weight excluding hydrogens is 344 g/mol. The molecule has 27 heavy (non-hydrogen) atoms. The monoisotopic (exact) mass is 372 g/mol. The van der Waals surface area contributed by atoms with Crippen LogP contribution in [-0.2, 0) is 6.54 Å². The molecule has 1 N–H and O–H groups in total.